The van der Waals surface area contributed by atoms with Gasteiger partial charge in [-0.1, -0.05) is 57.9 Å². The van der Waals surface area contributed by atoms with Gasteiger partial charge in [0.05, 0.1) is 13.2 Å². The molecule has 0 fully saturated rings. The zero-order chi connectivity index (χ0) is 24.6. The summed E-state index contributed by atoms with van der Waals surface area (Å²) in [7, 11) is 1.58. The normalized spacial score (nSPS) is 10.7. The smallest absolute Gasteiger partial charge is 0.255 e. The fraction of sp³-hybridized carbons (Fsp3) is 0.500. The molecule has 2 rings (SSSR count). The number of ether oxygens (including phenoxy) is 2. The highest BCUT2D eigenvalue weighted by Crippen LogP contribution is 2.19. The second-order valence-corrected chi connectivity index (χ2v) is 8.58. The Morgan fingerprint density at radius 3 is 2.12 bits per heavy atom. The molecule has 0 aliphatic carbocycles. The lowest BCUT2D eigenvalue weighted by Gasteiger charge is -2.12. The van der Waals surface area contributed by atoms with E-state index in [1.807, 2.05) is 25.1 Å². The first-order valence-electron chi connectivity index (χ1n) is 12.5. The molecule has 0 heterocycles. The SMILES string of the molecule is CCCCCCCCCCOc1ccc(C(=O)Nc2cc(C(=O)NCCOC)ccc2C)cc1. The topological polar surface area (TPSA) is 76.7 Å². The number of anilines is 1. The van der Waals surface area contributed by atoms with E-state index in [9.17, 15) is 9.59 Å². The maximum absolute atomic E-state index is 12.7. The van der Waals surface area contributed by atoms with Gasteiger partial charge in [-0.05, 0) is 55.3 Å². The number of benzene rings is 2. The lowest BCUT2D eigenvalue weighted by atomic mass is 10.1. The van der Waals surface area contributed by atoms with Crippen molar-refractivity contribution >= 4 is 17.5 Å². The molecule has 0 saturated heterocycles. The molecule has 0 aliphatic rings. The monoisotopic (exact) mass is 468 g/mol. The third kappa shape index (κ3) is 9.96. The van der Waals surface area contributed by atoms with Crippen molar-refractivity contribution in [3.05, 3.63) is 59.2 Å². The minimum Gasteiger partial charge on any atom is -0.494 e. The molecule has 0 bridgehead atoms. The molecule has 2 aromatic carbocycles. The number of carbonyl (C=O) groups excluding carboxylic acids is 2. The van der Waals surface area contributed by atoms with Crippen molar-refractivity contribution in [2.24, 2.45) is 0 Å². The average Bonchev–Trinajstić information content (AvgIpc) is 2.84. The van der Waals surface area contributed by atoms with Crippen LogP contribution in [0.4, 0.5) is 5.69 Å². The number of carbonyl (C=O) groups is 2. The van der Waals surface area contributed by atoms with Crippen molar-refractivity contribution in [3.63, 3.8) is 0 Å². The molecule has 2 N–H and O–H groups in total. The quantitative estimate of drug-likeness (QED) is 0.290. The Bertz CT molecular complexity index is 880. The summed E-state index contributed by atoms with van der Waals surface area (Å²) in [5, 5.41) is 5.69. The van der Waals surface area contributed by atoms with Crippen LogP contribution in [0.2, 0.25) is 0 Å². The predicted octanol–water partition coefficient (Wildman–Crippen LogP) is 6.14. The van der Waals surface area contributed by atoms with Gasteiger partial charge >= 0.3 is 0 Å². The lowest BCUT2D eigenvalue weighted by molar-refractivity contribution is 0.0936. The standard InChI is InChI=1S/C28H40N2O4/c1-4-5-6-7-8-9-10-11-19-34-25-16-14-23(15-17-25)28(32)30-26-21-24(13-12-22(26)2)27(31)29-18-20-33-3/h12-17,21H,4-11,18-20H2,1-3H3,(H,29,31)(H,30,32). The zero-order valence-electron chi connectivity index (χ0n) is 21.0. The Hall–Kier alpha value is -2.86. The van der Waals surface area contributed by atoms with E-state index in [0.717, 1.165) is 17.7 Å². The Morgan fingerprint density at radius 1 is 0.794 bits per heavy atom. The largest absolute Gasteiger partial charge is 0.494 e. The summed E-state index contributed by atoms with van der Waals surface area (Å²) >= 11 is 0. The molecule has 0 spiro atoms. The lowest BCUT2D eigenvalue weighted by Crippen LogP contribution is -2.27. The fourth-order valence-electron chi connectivity index (χ4n) is 3.59. The van der Waals surface area contributed by atoms with Gasteiger partial charge < -0.3 is 20.1 Å². The van der Waals surface area contributed by atoms with Gasteiger partial charge in [-0.2, -0.15) is 0 Å². The van der Waals surface area contributed by atoms with Crippen LogP contribution in [0.5, 0.6) is 5.75 Å². The van der Waals surface area contributed by atoms with Crippen LogP contribution in [-0.4, -0.2) is 38.7 Å². The number of rotatable bonds is 16. The van der Waals surface area contributed by atoms with Crippen LogP contribution in [0.15, 0.2) is 42.5 Å². The molecule has 0 atom stereocenters. The molecule has 186 valence electrons. The van der Waals surface area contributed by atoms with Crippen molar-refractivity contribution in [3.8, 4) is 5.75 Å². The van der Waals surface area contributed by atoms with E-state index in [-0.39, 0.29) is 11.8 Å². The van der Waals surface area contributed by atoms with Crippen molar-refractivity contribution < 1.29 is 19.1 Å². The van der Waals surface area contributed by atoms with E-state index in [0.29, 0.717) is 36.6 Å². The highest BCUT2D eigenvalue weighted by atomic mass is 16.5. The summed E-state index contributed by atoms with van der Waals surface area (Å²) in [5.41, 5.74) is 2.52. The highest BCUT2D eigenvalue weighted by Gasteiger charge is 2.12. The van der Waals surface area contributed by atoms with Gasteiger partial charge in [0.2, 0.25) is 0 Å². The summed E-state index contributed by atoms with van der Waals surface area (Å²) in [4.78, 5) is 25.0. The highest BCUT2D eigenvalue weighted by molar-refractivity contribution is 6.05. The Balaban J connectivity index is 1.79. The summed E-state index contributed by atoms with van der Waals surface area (Å²) in [6.07, 6.45) is 10.1. The van der Waals surface area contributed by atoms with Crippen LogP contribution in [0.25, 0.3) is 0 Å². The molecule has 0 radical (unpaired) electrons. The van der Waals surface area contributed by atoms with E-state index in [2.05, 4.69) is 17.6 Å². The van der Waals surface area contributed by atoms with Gasteiger partial charge in [-0.15, -0.1) is 0 Å². The Labute approximate surface area is 204 Å². The van der Waals surface area contributed by atoms with E-state index in [4.69, 9.17) is 9.47 Å². The van der Waals surface area contributed by atoms with Crippen LogP contribution in [-0.2, 0) is 4.74 Å². The van der Waals surface area contributed by atoms with Crippen LogP contribution in [0.1, 0.15) is 84.6 Å². The van der Waals surface area contributed by atoms with Gasteiger partial charge in [0.25, 0.3) is 11.8 Å². The number of aryl methyl sites for hydroxylation is 1. The molecule has 6 nitrogen and oxygen atoms in total. The minimum atomic E-state index is -0.227. The van der Waals surface area contributed by atoms with Crippen molar-refractivity contribution in [2.45, 2.75) is 65.2 Å². The summed E-state index contributed by atoms with van der Waals surface area (Å²) < 4.78 is 10.8. The molecule has 2 amide bonds. The molecule has 0 unspecified atom stereocenters. The number of methoxy groups -OCH3 is 1. The molecule has 6 heteroatoms. The minimum absolute atomic E-state index is 0.203. The third-order valence-electron chi connectivity index (χ3n) is 5.72. The van der Waals surface area contributed by atoms with Gasteiger partial charge in [0.15, 0.2) is 0 Å². The number of hydrogen-bond donors (Lipinski definition) is 2. The Morgan fingerprint density at radius 2 is 1.44 bits per heavy atom. The van der Waals surface area contributed by atoms with Crippen LogP contribution in [0.3, 0.4) is 0 Å². The third-order valence-corrected chi connectivity index (χ3v) is 5.72. The molecule has 0 aliphatic heterocycles. The zero-order valence-corrected chi connectivity index (χ0v) is 21.0. The Kier molecular flexibility index (Phi) is 12.8. The summed E-state index contributed by atoms with van der Waals surface area (Å²) in [6.45, 7) is 5.70. The van der Waals surface area contributed by atoms with Crippen molar-refractivity contribution in [1.82, 2.24) is 5.32 Å². The van der Waals surface area contributed by atoms with E-state index in [1.54, 1.807) is 31.4 Å². The number of hydrogen-bond acceptors (Lipinski definition) is 4. The van der Waals surface area contributed by atoms with E-state index < -0.39 is 0 Å². The van der Waals surface area contributed by atoms with Crippen LogP contribution in [0, 0.1) is 6.92 Å². The molecule has 0 aromatic heterocycles. The van der Waals surface area contributed by atoms with Gasteiger partial charge in [0, 0.05) is 30.5 Å². The molecule has 2 aromatic rings. The van der Waals surface area contributed by atoms with Gasteiger partial charge in [0.1, 0.15) is 5.75 Å². The first-order valence-corrected chi connectivity index (χ1v) is 12.5. The molecular formula is C28H40N2O4. The van der Waals surface area contributed by atoms with Crippen LogP contribution < -0.4 is 15.4 Å². The maximum Gasteiger partial charge on any atom is 0.255 e. The number of unbranched alkanes of at least 4 members (excludes halogenated alkanes) is 7. The second-order valence-electron chi connectivity index (χ2n) is 8.58. The van der Waals surface area contributed by atoms with Crippen molar-refractivity contribution in [1.29, 1.82) is 0 Å². The average molecular weight is 469 g/mol. The van der Waals surface area contributed by atoms with Crippen LogP contribution >= 0.6 is 0 Å². The fourth-order valence-corrected chi connectivity index (χ4v) is 3.59. The van der Waals surface area contributed by atoms with E-state index in [1.165, 1.54) is 44.9 Å². The first kappa shape index (κ1) is 27.4. The number of nitrogens with one attached hydrogen (secondary N) is 2. The maximum atomic E-state index is 12.7. The van der Waals surface area contributed by atoms with Gasteiger partial charge in [-0.3, -0.25) is 9.59 Å². The summed E-state index contributed by atoms with van der Waals surface area (Å²) in [6, 6.07) is 12.4. The first-order chi connectivity index (χ1) is 16.5. The number of amides is 2. The molecular weight excluding hydrogens is 428 g/mol. The summed E-state index contributed by atoms with van der Waals surface area (Å²) in [5.74, 6) is 0.339. The van der Waals surface area contributed by atoms with E-state index >= 15 is 0 Å². The second kappa shape index (κ2) is 15.9. The molecule has 0 saturated carbocycles. The molecule has 34 heavy (non-hydrogen) atoms. The predicted molar refractivity (Wildman–Crippen MR) is 138 cm³/mol. The van der Waals surface area contributed by atoms with Gasteiger partial charge in [-0.25, -0.2) is 0 Å². The van der Waals surface area contributed by atoms with Crippen molar-refractivity contribution in [2.75, 3.05) is 32.2 Å².